The fraction of sp³-hybridized carbons (Fsp3) is 0.258. The van der Waals surface area contributed by atoms with Gasteiger partial charge in [0.25, 0.3) is 0 Å². The molecule has 12 aromatic rings. The number of halogens is 3. The van der Waals surface area contributed by atoms with E-state index in [1.807, 2.05) is 72.8 Å². The van der Waals surface area contributed by atoms with E-state index in [2.05, 4.69) is 47.5 Å². The van der Waals surface area contributed by atoms with Crippen molar-refractivity contribution in [2.24, 2.45) is 0 Å². The van der Waals surface area contributed by atoms with Crippen molar-refractivity contribution >= 4 is 93.0 Å². The number of carbonyl (C=O) groups is 6. The van der Waals surface area contributed by atoms with Crippen LogP contribution in [0.15, 0.2) is 202 Å². The smallest absolute Gasteiger partial charge is 0.335 e. The van der Waals surface area contributed by atoms with Gasteiger partial charge in [-0.05, 0) is 264 Å². The van der Waals surface area contributed by atoms with Crippen molar-refractivity contribution in [2.45, 2.75) is 152 Å². The van der Waals surface area contributed by atoms with Gasteiger partial charge in [-0.3, -0.25) is 29.1 Å². The molecule has 3 spiro atoms. The second-order valence-electron chi connectivity index (χ2n) is 31.4. The van der Waals surface area contributed by atoms with Crippen LogP contribution in [0.5, 0.6) is 17.2 Å². The number of carboxylic acids is 3. The molecule has 0 unspecified atom stereocenters. The maximum absolute atomic E-state index is 14.8. The molecular weight excluding hydrogens is 1530 g/mol. The number of aromatic carboxylic acids is 3. The van der Waals surface area contributed by atoms with Crippen molar-refractivity contribution in [1.82, 2.24) is 15.5 Å². The number of rotatable bonds is 21. The summed E-state index contributed by atoms with van der Waals surface area (Å²) in [5.74, 6) is 1.90. The highest BCUT2D eigenvalue weighted by atomic mass is 35.5. The molecule has 6 saturated carbocycles. The monoisotopic (exact) mass is 1610 g/mol. The number of fused-ring (bicyclic) bond motifs is 6. The van der Waals surface area contributed by atoms with Crippen LogP contribution < -0.4 is 28.9 Å². The number of aryl methyl sites for hydroxylation is 2. The zero-order chi connectivity index (χ0) is 79.8. The van der Waals surface area contributed by atoms with E-state index >= 15 is 0 Å². The van der Waals surface area contributed by atoms with Crippen molar-refractivity contribution < 1.29 is 76.3 Å². The highest BCUT2D eigenvalue weighted by Crippen LogP contribution is 2.63. The number of benzene rings is 9. The number of carbonyl (C=O) groups excluding carboxylic acids is 3. The summed E-state index contributed by atoms with van der Waals surface area (Å²) in [4.78, 5) is 79.5. The van der Waals surface area contributed by atoms with Gasteiger partial charge in [-0.1, -0.05) is 88.6 Å². The number of hydrogen-bond donors (Lipinski definition) is 3. The van der Waals surface area contributed by atoms with Crippen LogP contribution in [0.2, 0.25) is 10.0 Å². The van der Waals surface area contributed by atoms with Gasteiger partial charge >= 0.3 is 17.9 Å². The molecule has 21 rings (SSSR count). The summed E-state index contributed by atoms with van der Waals surface area (Å²) < 4.78 is 50.9. The molecule has 117 heavy (non-hydrogen) atoms. The Hall–Kier alpha value is -12.7. The van der Waals surface area contributed by atoms with Crippen molar-refractivity contribution in [3.63, 3.8) is 0 Å². The van der Waals surface area contributed by atoms with E-state index in [-0.39, 0.29) is 71.6 Å². The fourth-order valence-electron chi connectivity index (χ4n) is 16.7. The molecule has 6 heterocycles. The maximum Gasteiger partial charge on any atom is 0.335 e. The van der Waals surface area contributed by atoms with Gasteiger partial charge < -0.3 is 43.1 Å². The molecule has 21 nitrogen and oxygen atoms in total. The molecule has 3 N–H and O–H groups in total. The Morgan fingerprint density at radius 3 is 1.09 bits per heavy atom. The fourth-order valence-corrected chi connectivity index (χ4v) is 17.2. The molecule has 9 aliphatic rings. The summed E-state index contributed by atoms with van der Waals surface area (Å²) in [7, 11) is 0. The third-order valence-electron chi connectivity index (χ3n) is 23.9. The van der Waals surface area contributed by atoms with E-state index in [1.165, 1.54) is 42.5 Å². The Labute approximate surface area is 681 Å². The summed E-state index contributed by atoms with van der Waals surface area (Å²) >= 11 is 12.8. The predicted molar refractivity (Wildman–Crippen MR) is 435 cm³/mol. The average Bonchev–Trinajstić information content (AvgIpc) is 1.55. The zero-order valence-corrected chi connectivity index (χ0v) is 64.3. The molecule has 0 saturated heterocycles. The lowest BCUT2D eigenvalue weighted by Gasteiger charge is -2.18. The highest BCUT2D eigenvalue weighted by Gasteiger charge is 2.62. The van der Waals surface area contributed by atoms with E-state index in [0.29, 0.717) is 80.5 Å². The van der Waals surface area contributed by atoms with E-state index in [0.717, 1.165) is 161 Å². The lowest BCUT2D eigenvalue weighted by molar-refractivity contribution is -0.120. The number of nitrogens with zero attached hydrogens (tertiary/aromatic N) is 6. The molecule has 3 aliphatic heterocycles. The Kier molecular flexibility index (Phi) is 18.9. The van der Waals surface area contributed by atoms with Crippen molar-refractivity contribution in [2.75, 3.05) is 14.7 Å². The first-order chi connectivity index (χ1) is 56.2. The van der Waals surface area contributed by atoms with Crippen LogP contribution in [-0.2, 0) is 50.4 Å². The summed E-state index contributed by atoms with van der Waals surface area (Å²) in [6.45, 7) is 4.89. The van der Waals surface area contributed by atoms with Crippen LogP contribution >= 0.6 is 23.2 Å². The van der Waals surface area contributed by atoms with Gasteiger partial charge in [0.05, 0.1) is 82.3 Å². The first kappa shape index (κ1) is 75.7. The number of carboxylic acid groups (broad SMARTS) is 3. The number of anilines is 6. The molecule has 0 bridgehead atoms. The highest BCUT2D eigenvalue weighted by molar-refractivity contribution is 6.33. The number of aromatic nitrogens is 3. The first-order valence-electron chi connectivity index (χ1n) is 38.8. The summed E-state index contributed by atoms with van der Waals surface area (Å²) in [6.07, 6.45) is 10.9. The SMILES string of the molecule is C.Cc1cccc(C)c1-c1noc(C2CC2)c1COc1ccc2c(c1)C1(CC1)C(=O)N2c1ccc(C(=O)O)cc1.O=C(O)c1ccc(N2C(=O)C3(CC3)c3cc(OCc4c(-c5c(F)cccc5Cl)noc4C4CC4)ccc32)cc1.O=C(O)c1ccc(N2C(=O)C3(CC3)c3cc(OCc4c(-c5ccccc5Cl)noc4C4CC4)ccc32)cc1. The molecule has 6 aliphatic carbocycles. The lowest BCUT2D eigenvalue weighted by Crippen LogP contribution is -2.27. The normalized spacial score (nSPS) is 16.9. The number of amides is 3. The molecule has 24 heteroatoms. The maximum atomic E-state index is 14.8. The standard InChI is InChI=1S/C32H28N2O5.C30H22ClFN2O5.C30H23ClN2O5.CH4/c1-18-4-3-5-19(2)27(18)28-24(29(39-33-28)20-6-7-20)17-38-23-12-13-26-25(16-23)32(14-15-32)31(37)34(26)22-10-8-21(9-11-22)30(35)36;31-22-2-1-3-23(32)25(22)26-20(27(39-33-26)16-4-5-16)15-38-19-10-11-24-21(14-19)30(12-13-30)29(37)34(24)18-8-6-17(7-9-18)28(35)36;31-24-4-2-1-3-21(24)26-22(27(38-32-26)17-5-6-17)16-37-20-11-12-25-23(15-20)30(13-14-30)29(36)33(25)19-9-7-18(8-10-19)28(34)35;/h3-5,8-13,16,20H,6-7,14-15,17H2,1-2H3,(H,35,36);1-3,6-11,14,16H,4-5,12-13,15H2,(H,35,36);1-4,7-12,15,17H,5-6,13-14,16H2,(H,34,35);1H4. The molecule has 6 fully saturated rings. The molecule has 0 radical (unpaired) electrons. The minimum absolute atomic E-state index is 0. The average molecular weight is 1610 g/mol. The third kappa shape index (κ3) is 13.4. The Bertz CT molecular complexity index is 5780. The van der Waals surface area contributed by atoms with Gasteiger partial charge in [-0.25, -0.2) is 18.8 Å². The van der Waals surface area contributed by atoms with Gasteiger partial charge in [0.1, 0.15) is 77.2 Å². The lowest BCUT2D eigenvalue weighted by atomic mass is 9.96. The van der Waals surface area contributed by atoms with Crippen LogP contribution in [0.25, 0.3) is 33.8 Å². The topological polar surface area (TPSA) is 279 Å². The van der Waals surface area contributed by atoms with Gasteiger partial charge in [-0.2, -0.15) is 0 Å². The Morgan fingerprint density at radius 2 is 0.752 bits per heavy atom. The Morgan fingerprint density at radius 1 is 0.427 bits per heavy atom. The van der Waals surface area contributed by atoms with Crippen LogP contribution in [0, 0.1) is 19.7 Å². The first-order valence-corrected chi connectivity index (χ1v) is 39.5. The summed E-state index contributed by atoms with van der Waals surface area (Å²) in [5, 5.41) is 41.6. The van der Waals surface area contributed by atoms with Gasteiger partial charge in [0, 0.05) is 45.9 Å². The van der Waals surface area contributed by atoms with Crippen LogP contribution in [0.1, 0.15) is 195 Å². The largest absolute Gasteiger partial charge is 0.489 e. The van der Waals surface area contributed by atoms with E-state index < -0.39 is 40.0 Å². The minimum atomic E-state index is -1.02. The quantitative estimate of drug-likeness (QED) is 0.0603. The van der Waals surface area contributed by atoms with E-state index in [1.54, 1.807) is 69.3 Å². The number of ether oxygens (including phenoxy) is 3. The van der Waals surface area contributed by atoms with Crippen molar-refractivity contribution in [3.8, 4) is 51.0 Å². The van der Waals surface area contributed by atoms with Crippen LogP contribution in [-0.4, -0.2) is 66.4 Å². The molecule has 0 atom stereocenters. The minimum Gasteiger partial charge on any atom is -0.489 e. The molecule has 9 aromatic carbocycles. The number of hydrogen-bond acceptors (Lipinski definition) is 15. The second kappa shape index (κ2) is 29.3. The van der Waals surface area contributed by atoms with Crippen LogP contribution in [0.4, 0.5) is 38.5 Å². The third-order valence-corrected chi connectivity index (χ3v) is 24.5. The Balaban J connectivity index is 0.000000121. The van der Waals surface area contributed by atoms with Crippen molar-refractivity contribution in [3.05, 3.63) is 282 Å². The molecular formula is C93H77Cl2FN6O15. The predicted octanol–water partition coefficient (Wildman–Crippen LogP) is 21.3. The summed E-state index contributed by atoms with van der Waals surface area (Å²) in [5.41, 5.74) is 14.8. The van der Waals surface area contributed by atoms with Gasteiger partial charge in [0.15, 0.2) is 0 Å². The molecule has 3 aromatic heterocycles. The van der Waals surface area contributed by atoms with Gasteiger partial charge in [-0.15, -0.1) is 0 Å². The molecule has 590 valence electrons. The summed E-state index contributed by atoms with van der Waals surface area (Å²) in [6, 6.07) is 54.5. The molecule has 3 amide bonds. The van der Waals surface area contributed by atoms with Crippen molar-refractivity contribution in [1.29, 1.82) is 0 Å². The van der Waals surface area contributed by atoms with Gasteiger partial charge in [0.2, 0.25) is 17.7 Å². The van der Waals surface area contributed by atoms with E-state index in [9.17, 15) is 48.5 Å². The van der Waals surface area contributed by atoms with Crippen LogP contribution in [0.3, 0.4) is 0 Å². The second-order valence-corrected chi connectivity index (χ2v) is 32.2. The van der Waals surface area contributed by atoms with E-state index in [4.69, 9.17) is 51.0 Å². The zero-order valence-electron chi connectivity index (χ0n) is 62.8.